The lowest BCUT2D eigenvalue weighted by atomic mass is 9.88. The van der Waals surface area contributed by atoms with Gasteiger partial charge in [0.25, 0.3) is 5.91 Å². The highest BCUT2D eigenvalue weighted by Crippen LogP contribution is 2.48. The normalized spacial score (nSPS) is 21.6. The molecule has 176 valence electrons. The van der Waals surface area contributed by atoms with Crippen LogP contribution in [-0.2, 0) is 4.79 Å². The lowest BCUT2D eigenvalue weighted by molar-refractivity contribution is -0.160. The number of nitrogens with one attached hydrogen (secondary N) is 1. The third-order valence-electron chi connectivity index (χ3n) is 5.85. The van der Waals surface area contributed by atoms with E-state index in [1.165, 1.54) is 12.1 Å². The van der Waals surface area contributed by atoms with Crippen LogP contribution in [0.15, 0.2) is 53.6 Å². The topological polar surface area (TPSA) is 57.2 Å². The summed E-state index contributed by atoms with van der Waals surface area (Å²) in [7, 11) is 1.48. The van der Waals surface area contributed by atoms with Gasteiger partial charge in [0.1, 0.15) is 17.4 Å². The van der Waals surface area contributed by atoms with Crippen LogP contribution < -0.4 is 15.2 Å². The number of ether oxygens (including phenoxy) is 1. The number of anilines is 1. The molecule has 0 spiro atoms. The maximum Gasteiger partial charge on any atom is 0.399 e. The van der Waals surface area contributed by atoms with Crippen molar-refractivity contribution in [2.24, 2.45) is 11.0 Å². The maximum absolute atomic E-state index is 14.5. The number of amides is 1. The minimum atomic E-state index is -4.72. The summed E-state index contributed by atoms with van der Waals surface area (Å²) in [5.74, 6) is -2.49. The Bertz CT molecular complexity index is 1020. The van der Waals surface area contributed by atoms with Gasteiger partial charge < -0.3 is 4.74 Å². The predicted octanol–water partition coefficient (Wildman–Crippen LogP) is 4.96. The molecule has 2 aliphatic heterocycles. The van der Waals surface area contributed by atoms with Crippen LogP contribution >= 0.6 is 11.6 Å². The van der Waals surface area contributed by atoms with E-state index in [-0.39, 0.29) is 10.7 Å². The maximum atomic E-state index is 14.5. The van der Waals surface area contributed by atoms with Gasteiger partial charge in [-0.3, -0.25) is 15.2 Å². The Hall–Kier alpha value is -2.78. The molecule has 0 unspecified atom stereocenters. The van der Waals surface area contributed by atoms with Crippen molar-refractivity contribution >= 4 is 28.9 Å². The van der Waals surface area contributed by atoms with E-state index in [4.69, 9.17) is 16.3 Å². The Kier molecular flexibility index (Phi) is 6.81. The van der Waals surface area contributed by atoms with Crippen LogP contribution in [0.5, 0.6) is 5.75 Å². The highest BCUT2D eigenvalue weighted by atomic mass is 35.5. The molecule has 0 aliphatic carbocycles. The molecular weight excluding hydrogens is 457 g/mol. The number of piperidine rings is 1. The Morgan fingerprint density at radius 1 is 1.09 bits per heavy atom. The Balaban J connectivity index is 1.77. The van der Waals surface area contributed by atoms with E-state index in [9.17, 15) is 18.0 Å². The molecule has 0 radical (unpaired) electrons. The second-order valence-corrected chi connectivity index (χ2v) is 8.41. The quantitative estimate of drug-likeness (QED) is 0.657. The molecule has 4 rings (SSSR count). The molecule has 1 amide bonds. The van der Waals surface area contributed by atoms with Crippen LogP contribution in [0.1, 0.15) is 30.9 Å². The highest BCUT2D eigenvalue weighted by molar-refractivity contribution is 6.41. The summed E-state index contributed by atoms with van der Waals surface area (Å²) >= 11 is 6.33. The smallest absolute Gasteiger partial charge is 0.399 e. The number of benzene rings is 2. The zero-order valence-electron chi connectivity index (χ0n) is 18.0. The summed E-state index contributed by atoms with van der Waals surface area (Å²) in [5.41, 5.74) is 2.66. The summed E-state index contributed by atoms with van der Waals surface area (Å²) in [5, 5.41) is 7.30. The number of hydrazine groups is 1. The van der Waals surface area contributed by atoms with Crippen molar-refractivity contribution in [2.45, 2.75) is 31.5 Å². The van der Waals surface area contributed by atoms with Gasteiger partial charge in [-0.2, -0.15) is 18.3 Å². The molecule has 1 N–H and O–H groups in total. The third kappa shape index (κ3) is 4.94. The van der Waals surface area contributed by atoms with Crippen LogP contribution in [0.3, 0.4) is 0 Å². The van der Waals surface area contributed by atoms with Crippen LogP contribution in [0.4, 0.5) is 18.9 Å². The molecule has 2 aliphatic rings. The fraction of sp³-hybridized carbons (Fsp3) is 0.391. The standard InChI is InChI=1S/C23H24ClF3N4O2/c1-33-16-11-9-15(10-12-16)21-19(23(25,26)27)20(22(32)29-30-13-5-2-6-14-30)28-31(21)18-8-4-3-7-17(18)24/h3-4,7-12,19,21H,2,5-6,13-14H2,1H3,(H,29,32)/t19-,21+/m0/s1. The monoisotopic (exact) mass is 480 g/mol. The van der Waals surface area contributed by atoms with Crippen LogP contribution in [0, 0.1) is 5.92 Å². The fourth-order valence-electron chi connectivity index (χ4n) is 4.23. The summed E-state index contributed by atoms with van der Waals surface area (Å²) < 4.78 is 48.5. The van der Waals surface area contributed by atoms with Crippen molar-refractivity contribution in [3.8, 4) is 5.75 Å². The molecule has 0 aromatic heterocycles. The predicted molar refractivity (Wildman–Crippen MR) is 120 cm³/mol. The van der Waals surface area contributed by atoms with E-state index in [1.807, 2.05) is 0 Å². The molecule has 2 heterocycles. The number of alkyl halides is 3. The van der Waals surface area contributed by atoms with E-state index < -0.39 is 29.8 Å². The average molecular weight is 481 g/mol. The van der Waals surface area contributed by atoms with E-state index in [2.05, 4.69) is 10.5 Å². The molecule has 6 nitrogen and oxygen atoms in total. The number of carbonyl (C=O) groups excluding carboxylic acids is 1. The molecule has 2 aromatic rings. The first-order valence-corrected chi connectivity index (χ1v) is 11.1. The van der Waals surface area contributed by atoms with E-state index >= 15 is 0 Å². The number of hydrogen-bond donors (Lipinski definition) is 1. The number of rotatable bonds is 5. The Morgan fingerprint density at radius 2 is 1.76 bits per heavy atom. The minimum absolute atomic E-state index is 0.235. The Labute approximate surface area is 194 Å². The van der Waals surface area contributed by atoms with E-state index in [1.54, 1.807) is 53.5 Å². The van der Waals surface area contributed by atoms with E-state index in [0.29, 0.717) is 24.4 Å². The lowest BCUT2D eigenvalue weighted by Crippen LogP contribution is -2.50. The molecular formula is C23H24ClF3N4O2. The van der Waals surface area contributed by atoms with Gasteiger partial charge in [0.05, 0.1) is 23.9 Å². The number of halogens is 4. The average Bonchev–Trinajstić information content (AvgIpc) is 3.21. The largest absolute Gasteiger partial charge is 0.497 e. The first-order valence-electron chi connectivity index (χ1n) is 10.7. The van der Waals surface area contributed by atoms with Crippen molar-refractivity contribution in [3.63, 3.8) is 0 Å². The van der Waals surface area contributed by atoms with Crippen LogP contribution in [0.2, 0.25) is 5.02 Å². The molecule has 10 heteroatoms. The van der Waals surface area contributed by atoms with Gasteiger partial charge in [-0.05, 0) is 42.7 Å². The first-order chi connectivity index (χ1) is 15.8. The number of hydrogen-bond acceptors (Lipinski definition) is 5. The minimum Gasteiger partial charge on any atom is -0.497 e. The highest BCUT2D eigenvalue weighted by Gasteiger charge is 2.56. The van der Waals surface area contributed by atoms with Crippen LogP contribution in [0.25, 0.3) is 0 Å². The zero-order chi connectivity index (χ0) is 23.6. The van der Waals surface area contributed by atoms with Gasteiger partial charge in [0.2, 0.25) is 0 Å². The molecule has 2 atom stereocenters. The van der Waals surface area contributed by atoms with Crippen molar-refractivity contribution in [2.75, 3.05) is 25.2 Å². The van der Waals surface area contributed by atoms with Gasteiger partial charge in [-0.1, -0.05) is 42.3 Å². The summed E-state index contributed by atoms with van der Waals surface area (Å²) in [6, 6.07) is 11.5. The molecule has 0 bridgehead atoms. The summed E-state index contributed by atoms with van der Waals surface area (Å²) in [4.78, 5) is 13.0. The van der Waals surface area contributed by atoms with Gasteiger partial charge in [-0.15, -0.1) is 0 Å². The van der Waals surface area contributed by atoms with Crippen molar-refractivity contribution in [3.05, 3.63) is 59.1 Å². The van der Waals surface area contributed by atoms with Crippen molar-refractivity contribution < 1.29 is 22.7 Å². The number of nitrogens with zero attached hydrogens (tertiary/aromatic N) is 3. The number of carbonyl (C=O) groups is 1. The van der Waals surface area contributed by atoms with Crippen molar-refractivity contribution in [1.29, 1.82) is 0 Å². The molecule has 1 fully saturated rings. The second kappa shape index (κ2) is 9.61. The molecule has 33 heavy (non-hydrogen) atoms. The SMILES string of the molecule is COc1ccc([C@@H]2[C@@H](C(F)(F)F)C(C(=O)NN3CCCCC3)=NN2c2ccccc2Cl)cc1. The molecule has 2 aromatic carbocycles. The van der Waals surface area contributed by atoms with Crippen LogP contribution in [-0.4, -0.2) is 43.0 Å². The second-order valence-electron chi connectivity index (χ2n) is 8.01. The van der Waals surface area contributed by atoms with Crippen molar-refractivity contribution in [1.82, 2.24) is 10.4 Å². The number of methoxy groups -OCH3 is 1. The number of para-hydroxylation sites is 1. The first kappa shape index (κ1) is 23.4. The van der Waals surface area contributed by atoms with E-state index in [0.717, 1.165) is 19.3 Å². The Morgan fingerprint density at radius 3 is 2.36 bits per heavy atom. The summed E-state index contributed by atoms with van der Waals surface area (Å²) in [6.07, 6.45) is -1.96. The summed E-state index contributed by atoms with van der Waals surface area (Å²) in [6.45, 7) is 1.18. The van der Waals surface area contributed by atoms with Gasteiger partial charge in [0, 0.05) is 13.1 Å². The fourth-order valence-corrected chi connectivity index (χ4v) is 4.46. The zero-order valence-corrected chi connectivity index (χ0v) is 18.7. The van der Waals surface area contributed by atoms with Gasteiger partial charge in [-0.25, -0.2) is 5.01 Å². The van der Waals surface area contributed by atoms with Gasteiger partial charge in [0.15, 0.2) is 0 Å². The number of hydrazone groups is 1. The molecule has 0 saturated carbocycles. The molecule has 1 saturated heterocycles. The lowest BCUT2D eigenvalue weighted by Gasteiger charge is -2.30. The third-order valence-corrected chi connectivity index (χ3v) is 6.17. The van der Waals surface area contributed by atoms with Gasteiger partial charge >= 0.3 is 6.18 Å².